The molecule has 2 rings (SSSR count). The molecule has 0 bridgehead atoms. The second kappa shape index (κ2) is 4.61. The maximum absolute atomic E-state index is 11.6. The fraction of sp³-hybridized carbons (Fsp3) is 0.167. The van der Waals surface area contributed by atoms with E-state index >= 15 is 0 Å². The van der Waals surface area contributed by atoms with E-state index in [4.69, 9.17) is 4.74 Å². The Labute approximate surface area is 102 Å². The molecular formula is C12H10BrNO2. The normalized spacial score (nSPS) is 10.4. The number of fused-ring (bicyclic) bond motifs is 1. The van der Waals surface area contributed by atoms with Crippen LogP contribution in [-0.4, -0.2) is 18.1 Å². The molecular weight excluding hydrogens is 270 g/mol. The quantitative estimate of drug-likeness (QED) is 0.627. The summed E-state index contributed by atoms with van der Waals surface area (Å²) < 4.78 is 4.75. The molecule has 0 aliphatic heterocycles. The number of aromatic nitrogens is 1. The molecule has 82 valence electrons. The van der Waals surface area contributed by atoms with Crippen molar-refractivity contribution in [1.29, 1.82) is 0 Å². The van der Waals surface area contributed by atoms with Crippen LogP contribution in [0.1, 0.15) is 15.9 Å². The zero-order chi connectivity index (χ0) is 11.5. The SMILES string of the molecule is COC(=O)c1cc2cccnc2cc1CBr. The van der Waals surface area contributed by atoms with Crippen LogP contribution in [0.4, 0.5) is 0 Å². The zero-order valence-corrected chi connectivity index (χ0v) is 10.3. The van der Waals surface area contributed by atoms with Crippen LogP contribution in [0.25, 0.3) is 10.9 Å². The Morgan fingerprint density at radius 1 is 1.50 bits per heavy atom. The predicted molar refractivity (Wildman–Crippen MR) is 65.7 cm³/mol. The zero-order valence-electron chi connectivity index (χ0n) is 8.74. The Kier molecular flexibility index (Phi) is 3.19. The molecule has 0 N–H and O–H groups in total. The van der Waals surface area contributed by atoms with Crippen LogP contribution in [0.3, 0.4) is 0 Å². The highest BCUT2D eigenvalue weighted by Gasteiger charge is 2.12. The van der Waals surface area contributed by atoms with Gasteiger partial charge in [-0.3, -0.25) is 4.98 Å². The fourth-order valence-electron chi connectivity index (χ4n) is 1.57. The summed E-state index contributed by atoms with van der Waals surface area (Å²) in [5.41, 5.74) is 2.35. The number of hydrogen-bond acceptors (Lipinski definition) is 3. The van der Waals surface area contributed by atoms with Gasteiger partial charge in [0, 0.05) is 16.9 Å². The van der Waals surface area contributed by atoms with E-state index in [-0.39, 0.29) is 5.97 Å². The first-order valence-electron chi connectivity index (χ1n) is 4.78. The second-order valence-electron chi connectivity index (χ2n) is 3.33. The van der Waals surface area contributed by atoms with Crippen molar-refractivity contribution in [1.82, 2.24) is 4.98 Å². The van der Waals surface area contributed by atoms with Crippen molar-refractivity contribution in [2.24, 2.45) is 0 Å². The van der Waals surface area contributed by atoms with Gasteiger partial charge >= 0.3 is 5.97 Å². The van der Waals surface area contributed by atoms with Gasteiger partial charge < -0.3 is 4.74 Å². The molecule has 0 fully saturated rings. The smallest absolute Gasteiger partial charge is 0.338 e. The number of esters is 1. The maximum atomic E-state index is 11.6. The standard InChI is InChI=1S/C12H10BrNO2/c1-16-12(15)10-5-8-3-2-4-14-11(8)6-9(10)7-13/h2-6H,7H2,1H3. The molecule has 1 heterocycles. The lowest BCUT2D eigenvalue weighted by Gasteiger charge is -2.07. The molecule has 0 spiro atoms. The lowest BCUT2D eigenvalue weighted by molar-refractivity contribution is 0.0600. The topological polar surface area (TPSA) is 39.2 Å². The number of halogens is 1. The van der Waals surface area contributed by atoms with E-state index in [0.717, 1.165) is 16.5 Å². The van der Waals surface area contributed by atoms with Crippen molar-refractivity contribution in [2.45, 2.75) is 5.33 Å². The average molecular weight is 280 g/mol. The van der Waals surface area contributed by atoms with Crippen molar-refractivity contribution in [3.63, 3.8) is 0 Å². The summed E-state index contributed by atoms with van der Waals surface area (Å²) in [5.74, 6) is -0.319. The predicted octanol–water partition coefficient (Wildman–Crippen LogP) is 2.92. The van der Waals surface area contributed by atoms with Gasteiger partial charge in [0.15, 0.2) is 0 Å². The third-order valence-electron chi connectivity index (χ3n) is 2.38. The first kappa shape index (κ1) is 11.1. The Balaban J connectivity index is 2.67. The van der Waals surface area contributed by atoms with Crippen molar-refractivity contribution < 1.29 is 9.53 Å². The first-order valence-corrected chi connectivity index (χ1v) is 5.90. The minimum absolute atomic E-state index is 0.319. The Hall–Kier alpha value is -1.42. The molecule has 1 aromatic heterocycles. The number of pyridine rings is 1. The number of hydrogen-bond donors (Lipinski definition) is 0. The van der Waals surface area contributed by atoms with Gasteiger partial charge in [0.2, 0.25) is 0 Å². The number of ether oxygens (including phenoxy) is 1. The van der Waals surface area contributed by atoms with Crippen LogP contribution in [0, 0.1) is 0 Å². The summed E-state index contributed by atoms with van der Waals surface area (Å²) >= 11 is 3.36. The van der Waals surface area contributed by atoms with Crippen molar-refractivity contribution in [3.05, 3.63) is 41.6 Å². The number of carbonyl (C=O) groups is 1. The number of alkyl halides is 1. The van der Waals surface area contributed by atoms with Gasteiger partial charge in [0.1, 0.15) is 0 Å². The molecule has 0 amide bonds. The van der Waals surface area contributed by atoms with E-state index in [1.54, 1.807) is 6.20 Å². The van der Waals surface area contributed by atoms with Gasteiger partial charge in [0.25, 0.3) is 0 Å². The molecule has 16 heavy (non-hydrogen) atoms. The van der Waals surface area contributed by atoms with Crippen LogP contribution < -0.4 is 0 Å². The highest BCUT2D eigenvalue weighted by atomic mass is 79.9. The Morgan fingerprint density at radius 2 is 2.31 bits per heavy atom. The number of nitrogens with zero attached hydrogens (tertiary/aromatic N) is 1. The van der Waals surface area contributed by atoms with E-state index in [9.17, 15) is 4.79 Å². The highest BCUT2D eigenvalue weighted by molar-refractivity contribution is 9.08. The van der Waals surface area contributed by atoms with Gasteiger partial charge in [-0.05, 0) is 23.8 Å². The van der Waals surface area contributed by atoms with E-state index in [0.29, 0.717) is 10.9 Å². The van der Waals surface area contributed by atoms with Crippen LogP contribution in [-0.2, 0) is 10.1 Å². The lowest BCUT2D eigenvalue weighted by atomic mass is 10.1. The summed E-state index contributed by atoms with van der Waals surface area (Å²) in [6.07, 6.45) is 1.73. The third kappa shape index (κ3) is 1.93. The van der Waals surface area contributed by atoms with Crippen molar-refractivity contribution in [2.75, 3.05) is 7.11 Å². The number of methoxy groups -OCH3 is 1. The molecule has 0 unspecified atom stereocenters. The molecule has 1 aromatic carbocycles. The van der Waals surface area contributed by atoms with E-state index < -0.39 is 0 Å². The Bertz CT molecular complexity index is 540. The van der Waals surface area contributed by atoms with Crippen LogP contribution in [0.5, 0.6) is 0 Å². The number of benzene rings is 1. The first-order chi connectivity index (χ1) is 7.76. The molecule has 3 nitrogen and oxygen atoms in total. The van der Waals surface area contributed by atoms with E-state index in [1.165, 1.54) is 7.11 Å². The van der Waals surface area contributed by atoms with Crippen LogP contribution >= 0.6 is 15.9 Å². The molecule has 0 saturated heterocycles. The van der Waals surface area contributed by atoms with Crippen LogP contribution in [0.15, 0.2) is 30.5 Å². The van der Waals surface area contributed by atoms with Gasteiger partial charge in [-0.2, -0.15) is 0 Å². The molecule has 0 atom stereocenters. The van der Waals surface area contributed by atoms with Crippen LogP contribution in [0.2, 0.25) is 0 Å². The van der Waals surface area contributed by atoms with Gasteiger partial charge in [-0.15, -0.1) is 0 Å². The van der Waals surface area contributed by atoms with Crippen molar-refractivity contribution >= 4 is 32.8 Å². The maximum Gasteiger partial charge on any atom is 0.338 e. The van der Waals surface area contributed by atoms with Gasteiger partial charge in [-0.25, -0.2) is 4.79 Å². The van der Waals surface area contributed by atoms with E-state index in [2.05, 4.69) is 20.9 Å². The minimum Gasteiger partial charge on any atom is -0.465 e. The minimum atomic E-state index is -0.319. The monoisotopic (exact) mass is 279 g/mol. The second-order valence-corrected chi connectivity index (χ2v) is 3.89. The summed E-state index contributed by atoms with van der Waals surface area (Å²) in [7, 11) is 1.38. The molecule has 0 radical (unpaired) electrons. The molecule has 0 saturated carbocycles. The van der Waals surface area contributed by atoms with Crippen molar-refractivity contribution in [3.8, 4) is 0 Å². The van der Waals surface area contributed by atoms with E-state index in [1.807, 2.05) is 24.3 Å². The average Bonchev–Trinajstić information content (AvgIpc) is 2.36. The summed E-state index contributed by atoms with van der Waals surface area (Å²) in [4.78, 5) is 15.8. The summed E-state index contributed by atoms with van der Waals surface area (Å²) in [5, 5.41) is 1.54. The molecule has 0 aliphatic rings. The molecule has 4 heteroatoms. The lowest BCUT2D eigenvalue weighted by Crippen LogP contribution is -2.05. The largest absolute Gasteiger partial charge is 0.465 e. The Morgan fingerprint density at radius 3 is 3.00 bits per heavy atom. The number of rotatable bonds is 2. The molecule has 0 aliphatic carbocycles. The summed E-state index contributed by atoms with van der Waals surface area (Å²) in [6.45, 7) is 0. The fourth-order valence-corrected chi connectivity index (χ4v) is 2.04. The number of carbonyl (C=O) groups excluding carboxylic acids is 1. The van der Waals surface area contributed by atoms with Gasteiger partial charge in [0.05, 0.1) is 18.2 Å². The summed E-state index contributed by atoms with van der Waals surface area (Å²) in [6, 6.07) is 7.48. The highest BCUT2D eigenvalue weighted by Crippen LogP contribution is 2.21. The third-order valence-corrected chi connectivity index (χ3v) is 2.98. The molecule has 2 aromatic rings. The van der Waals surface area contributed by atoms with Gasteiger partial charge in [-0.1, -0.05) is 22.0 Å².